The third kappa shape index (κ3) is 6.82. The third-order valence-corrected chi connectivity index (χ3v) is 9.94. The first kappa shape index (κ1) is 28.7. The Bertz CT molecular complexity index is 1690. The number of rotatable bonds is 9. The summed E-state index contributed by atoms with van der Waals surface area (Å²) in [6.45, 7) is 8.04. The maximum absolute atomic E-state index is 14.0. The van der Waals surface area contributed by atoms with Crippen LogP contribution in [0.1, 0.15) is 33.6 Å². The van der Waals surface area contributed by atoms with Crippen molar-refractivity contribution in [1.82, 2.24) is 9.29 Å². The number of aryl methyl sites for hydroxylation is 4. The highest BCUT2D eigenvalue weighted by Gasteiger charge is 2.28. The van der Waals surface area contributed by atoms with Crippen molar-refractivity contribution in [1.29, 1.82) is 0 Å². The van der Waals surface area contributed by atoms with Crippen molar-refractivity contribution in [2.45, 2.75) is 50.5 Å². The molecule has 0 saturated carbocycles. The second-order valence-electron chi connectivity index (χ2n) is 10.1. The standard InChI is InChI=1S/C31H34N2O4S2/c1-22-18-23(2)31(24(3)19-22)39(36,37)33(17-16-29-10-6-8-25(4)32-29)21-26-12-14-27(15-13-26)28-9-7-11-30(20-28)38(5,34)35/h6-15,18-20H,16-17,21H2,1-5H3. The zero-order valence-corrected chi connectivity index (χ0v) is 24.6. The van der Waals surface area contributed by atoms with Crippen LogP contribution in [0.15, 0.2) is 88.7 Å². The Morgan fingerprint density at radius 1 is 0.744 bits per heavy atom. The topological polar surface area (TPSA) is 84.4 Å². The lowest BCUT2D eigenvalue weighted by molar-refractivity contribution is 0.407. The Kier molecular flexibility index (Phi) is 8.39. The molecule has 0 radical (unpaired) electrons. The maximum Gasteiger partial charge on any atom is 0.243 e. The Morgan fingerprint density at radius 2 is 1.38 bits per heavy atom. The molecule has 1 heterocycles. The quantitative estimate of drug-likeness (QED) is 0.257. The van der Waals surface area contributed by atoms with Gasteiger partial charge >= 0.3 is 0 Å². The second kappa shape index (κ2) is 11.4. The molecule has 0 saturated heterocycles. The molecule has 39 heavy (non-hydrogen) atoms. The summed E-state index contributed by atoms with van der Waals surface area (Å²) < 4.78 is 53.6. The maximum atomic E-state index is 14.0. The largest absolute Gasteiger partial charge is 0.258 e. The molecule has 0 unspecified atom stereocenters. The Hall–Kier alpha value is -3.33. The molecule has 0 spiro atoms. The average molecular weight is 563 g/mol. The summed E-state index contributed by atoms with van der Waals surface area (Å²) in [5, 5.41) is 0. The van der Waals surface area contributed by atoms with E-state index in [4.69, 9.17) is 0 Å². The SMILES string of the molecule is Cc1cc(C)c(S(=O)(=O)N(CCc2cccc(C)n2)Cc2ccc(-c3cccc(S(C)(=O)=O)c3)cc2)c(C)c1. The summed E-state index contributed by atoms with van der Waals surface area (Å²) in [7, 11) is -7.12. The van der Waals surface area contributed by atoms with Crippen molar-refractivity contribution in [3.05, 3.63) is 113 Å². The van der Waals surface area contributed by atoms with Crippen LogP contribution in [0, 0.1) is 27.7 Å². The molecular weight excluding hydrogens is 528 g/mol. The van der Waals surface area contributed by atoms with Crippen molar-refractivity contribution in [2.75, 3.05) is 12.8 Å². The zero-order valence-electron chi connectivity index (χ0n) is 23.0. The Morgan fingerprint density at radius 3 is 2.00 bits per heavy atom. The molecule has 204 valence electrons. The first-order chi connectivity index (χ1) is 18.3. The van der Waals surface area contributed by atoms with E-state index in [2.05, 4.69) is 4.98 Å². The van der Waals surface area contributed by atoms with E-state index in [0.29, 0.717) is 11.3 Å². The van der Waals surface area contributed by atoms with E-state index in [-0.39, 0.29) is 18.0 Å². The molecule has 4 aromatic rings. The first-order valence-electron chi connectivity index (χ1n) is 12.7. The Labute approximate surface area is 232 Å². The van der Waals surface area contributed by atoms with Gasteiger partial charge in [-0.3, -0.25) is 4.98 Å². The van der Waals surface area contributed by atoms with Gasteiger partial charge in [-0.25, -0.2) is 16.8 Å². The van der Waals surface area contributed by atoms with Crippen LogP contribution in [0.3, 0.4) is 0 Å². The van der Waals surface area contributed by atoms with Crippen LogP contribution >= 0.6 is 0 Å². The van der Waals surface area contributed by atoms with Gasteiger partial charge in [-0.15, -0.1) is 0 Å². The predicted molar refractivity (Wildman–Crippen MR) is 156 cm³/mol. The molecule has 0 aliphatic carbocycles. The fourth-order valence-corrected chi connectivity index (χ4v) is 7.38. The molecule has 0 N–H and O–H groups in total. The minimum absolute atomic E-state index is 0.199. The minimum atomic E-state index is -3.80. The minimum Gasteiger partial charge on any atom is -0.258 e. The summed E-state index contributed by atoms with van der Waals surface area (Å²) in [6, 6.07) is 24.0. The monoisotopic (exact) mass is 562 g/mol. The number of sulfone groups is 1. The number of nitrogens with zero attached hydrogens (tertiary/aromatic N) is 2. The van der Waals surface area contributed by atoms with Crippen LogP contribution in [0.2, 0.25) is 0 Å². The van der Waals surface area contributed by atoms with E-state index < -0.39 is 19.9 Å². The lowest BCUT2D eigenvalue weighted by Gasteiger charge is -2.25. The molecule has 0 aliphatic rings. The molecule has 6 nitrogen and oxygen atoms in total. The van der Waals surface area contributed by atoms with Gasteiger partial charge in [0.15, 0.2) is 9.84 Å². The number of benzene rings is 3. The van der Waals surface area contributed by atoms with Gasteiger partial charge in [-0.2, -0.15) is 4.31 Å². The Balaban J connectivity index is 1.66. The van der Waals surface area contributed by atoms with Crippen molar-refractivity contribution >= 4 is 19.9 Å². The number of hydrogen-bond donors (Lipinski definition) is 0. The molecular formula is C31H34N2O4S2. The highest BCUT2D eigenvalue weighted by molar-refractivity contribution is 7.90. The fraction of sp³-hybridized carbons (Fsp3) is 0.258. The number of sulfonamides is 1. The molecule has 1 aromatic heterocycles. The predicted octanol–water partition coefficient (Wildman–Crippen LogP) is 5.82. The normalized spacial score (nSPS) is 12.2. The van der Waals surface area contributed by atoms with E-state index in [1.54, 1.807) is 18.2 Å². The van der Waals surface area contributed by atoms with E-state index in [9.17, 15) is 16.8 Å². The van der Waals surface area contributed by atoms with Crippen molar-refractivity contribution in [3.8, 4) is 11.1 Å². The lowest BCUT2D eigenvalue weighted by Crippen LogP contribution is -2.33. The van der Waals surface area contributed by atoms with Crippen molar-refractivity contribution < 1.29 is 16.8 Å². The van der Waals surface area contributed by atoms with Gasteiger partial charge in [0.2, 0.25) is 10.0 Å². The van der Waals surface area contributed by atoms with E-state index in [0.717, 1.165) is 44.8 Å². The fourth-order valence-electron chi connectivity index (χ4n) is 4.88. The van der Waals surface area contributed by atoms with Crippen LogP contribution < -0.4 is 0 Å². The summed E-state index contributed by atoms with van der Waals surface area (Å²) >= 11 is 0. The second-order valence-corrected chi connectivity index (χ2v) is 14.0. The summed E-state index contributed by atoms with van der Waals surface area (Å²) in [4.78, 5) is 5.16. The third-order valence-electron chi connectivity index (χ3n) is 6.67. The van der Waals surface area contributed by atoms with Crippen LogP contribution in [0.4, 0.5) is 0 Å². The molecule has 0 fully saturated rings. The van der Waals surface area contributed by atoms with E-state index in [1.807, 2.05) is 88.4 Å². The molecule has 0 aliphatic heterocycles. The van der Waals surface area contributed by atoms with Gasteiger partial charge in [-0.1, -0.05) is 60.2 Å². The molecule has 3 aromatic carbocycles. The van der Waals surface area contributed by atoms with E-state index in [1.165, 1.54) is 10.6 Å². The van der Waals surface area contributed by atoms with Gasteiger partial charge in [0, 0.05) is 37.2 Å². The average Bonchev–Trinajstić information content (AvgIpc) is 2.85. The summed E-state index contributed by atoms with van der Waals surface area (Å²) in [6.07, 6.45) is 1.68. The van der Waals surface area contributed by atoms with Gasteiger partial charge in [0.05, 0.1) is 9.79 Å². The van der Waals surface area contributed by atoms with Gasteiger partial charge < -0.3 is 0 Å². The van der Waals surface area contributed by atoms with Crippen LogP contribution in [0.5, 0.6) is 0 Å². The number of aromatic nitrogens is 1. The van der Waals surface area contributed by atoms with Crippen LogP contribution in [0.25, 0.3) is 11.1 Å². The molecule has 8 heteroatoms. The summed E-state index contributed by atoms with van der Waals surface area (Å²) in [5.74, 6) is 0. The van der Waals surface area contributed by atoms with Crippen LogP contribution in [-0.4, -0.2) is 38.9 Å². The first-order valence-corrected chi connectivity index (χ1v) is 16.1. The highest BCUT2D eigenvalue weighted by Crippen LogP contribution is 2.28. The highest BCUT2D eigenvalue weighted by atomic mass is 32.2. The lowest BCUT2D eigenvalue weighted by atomic mass is 10.0. The smallest absolute Gasteiger partial charge is 0.243 e. The molecule has 0 amide bonds. The van der Waals surface area contributed by atoms with Crippen molar-refractivity contribution in [2.24, 2.45) is 0 Å². The van der Waals surface area contributed by atoms with Crippen LogP contribution in [-0.2, 0) is 32.8 Å². The van der Waals surface area contributed by atoms with Crippen molar-refractivity contribution in [3.63, 3.8) is 0 Å². The number of hydrogen-bond acceptors (Lipinski definition) is 5. The molecule has 4 rings (SSSR count). The molecule has 0 atom stereocenters. The number of pyridine rings is 1. The van der Waals surface area contributed by atoms with Gasteiger partial charge in [0.1, 0.15) is 0 Å². The van der Waals surface area contributed by atoms with Gasteiger partial charge in [-0.05, 0) is 79.8 Å². The molecule has 0 bridgehead atoms. The van der Waals surface area contributed by atoms with E-state index >= 15 is 0 Å². The zero-order chi connectivity index (χ0) is 28.4. The summed E-state index contributed by atoms with van der Waals surface area (Å²) in [5.41, 5.74) is 6.69. The van der Waals surface area contributed by atoms with Gasteiger partial charge in [0.25, 0.3) is 0 Å².